The number of piperidine rings is 1. The highest BCUT2D eigenvalue weighted by atomic mass is 14.9. The number of nitrogens with one attached hydrogen (secondary N) is 2. The van der Waals surface area contributed by atoms with Crippen LogP contribution in [0.1, 0.15) is 24.3 Å². The van der Waals surface area contributed by atoms with Crippen molar-refractivity contribution in [1.29, 1.82) is 0 Å². The molecule has 2 N–H and O–H groups in total. The van der Waals surface area contributed by atoms with Gasteiger partial charge >= 0.3 is 0 Å². The molecule has 2 aromatic heterocycles. The quantitative estimate of drug-likeness (QED) is 0.735. The van der Waals surface area contributed by atoms with Gasteiger partial charge in [-0.3, -0.25) is 4.98 Å². The van der Waals surface area contributed by atoms with Gasteiger partial charge in [0.25, 0.3) is 0 Å². The van der Waals surface area contributed by atoms with Crippen LogP contribution in [0.15, 0.2) is 18.6 Å². The lowest BCUT2D eigenvalue weighted by Gasteiger charge is -2.21. The van der Waals surface area contributed by atoms with Crippen LogP contribution in [0.25, 0.3) is 11.2 Å². The topological polar surface area (TPSA) is 53.6 Å². The average Bonchev–Trinajstić information content (AvgIpc) is 2.74. The molecule has 0 aliphatic carbocycles. The summed E-state index contributed by atoms with van der Waals surface area (Å²) in [7, 11) is 0. The van der Waals surface area contributed by atoms with E-state index in [1.54, 1.807) is 12.4 Å². The molecule has 2 aromatic rings. The summed E-state index contributed by atoms with van der Waals surface area (Å²) >= 11 is 0. The molecular weight excluding hydrogens is 188 g/mol. The van der Waals surface area contributed by atoms with Crippen LogP contribution in [0.3, 0.4) is 0 Å². The van der Waals surface area contributed by atoms with Crippen LogP contribution >= 0.6 is 0 Å². The van der Waals surface area contributed by atoms with Crippen molar-refractivity contribution < 1.29 is 0 Å². The first kappa shape index (κ1) is 8.85. The van der Waals surface area contributed by atoms with Crippen LogP contribution in [-0.2, 0) is 0 Å². The van der Waals surface area contributed by atoms with Gasteiger partial charge in [0.1, 0.15) is 5.52 Å². The Labute approximate surface area is 88.1 Å². The maximum Gasteiger partial charge on any atom is 0.156 e. The molecule has 3 heterocycles. The molecule has 4 nitrogen and oxygen atoms in total. The molecule has 78 valence electrons. The zero-order chi connectivity index (χ0) is 10.1. The fourth-order valence-electron chi connectivity index (χ4n) is 2.31. The Kier molecular flexibility index (Phi) is 2.14. The largest absolute Gasteiger partial charge is 0.345 e. The predicted octanol–water partition coefficient (Wildman–Crippen LogP) is 1.42. The van der Waals surface area contributed by atoms with Gasteiger partial charge < -0.3 is 10.3 Å². The monoisotopic (exact) mass is 202 g/mol. The first-order valence-electron chi connectivity index (χ1n) is 5.44. The van der Waals surface area contributed by atoms with Gasteiger partial charge in [-0.15, -0.1) is 0 Å². The van der Waals surface area contributed by atoms with Crippen LogP contribution in [0.4, 0.5) is 0 Å². The van der Waals surface area contributed by atoms with Crippen molar-refractivity contribution in [2.45, 2.75) is 18.8 Å². The Morgan fingerprint density at radius 3 is 2.80 bits per heavy atom. The summed E-state index contributed by atoms with van der Waals surface area (Å²) in [5.41, 5.74) is 3.29. The fraction of sp³-hybridized carbons (Fsp3) is 0.455. The van der Waals surface area contributed by atoms with Gasteiger partial charge in [0, 0.05) is 24.2 Å². The Hall–Kier alpha value is -1.42. The molecule has 0 radical (unpaired) electrons. The Bertz CT molecular complexity index is 456. The van der Waals surface area contributed by atoms with Gasteiger partial charge in [-0.05, 0) is 31.8 Å². The standard InChI is InChI=1S/C11H14N4/c1-3-12-4-2-8(1)9-7-15-11-10(9)13-5-6-14-11/h5-8,12H,1-4H2,(H,14,15). The van der Waals surface area contributed by atoms with Crippen LogP contribution < -0.4 is 5.32 Å². The number of rotatable bonds is 1. The van der Waals surface area contributed by atoms with Crippen molar-refractivity contribution in [3.63, 3.8) is 0 Å². The van der Waals surface area contributed by atoms with Crippen molar-refractivity contribution in [1.82, 2.24) is 20.3 Å². The number of hydrogen-bond donors (Lipinski definition) is 2. The number of fused-ring (bicyclic) bond motifs is 1. The molecule has 3 rings (SSSR count). The lowest BCUT2D eigenvalue weighted by atomic mass is 9.91. The van der Waals surface area contributed by atoms with Gasteiger partial charge in [-0.25, -0.2) is 4.98 Å². The van der Waals surface area contributed by atoms with E-state index >= 15 is 0 Å². The Morgan fingerprint density at radius 2 is 1.93 bits per heavy atom. The highest BCUT2D eigenvalue weighted by Crippen LogP contribution is 2.29. The maximum absolute atomic E-state index is 4.40. The minimum absolute atomic E-state index is 0.636. The molecule has 0 unspecified atom stereocenters. The third-order valence-electron chi connectivity index (χ3n) is 3.12. The second kappa shape index (κ2) is 3.62. The van der Waals surface area contributed by atoms with Gasteiger partial charge in [0.2, 0.25) is 0 Å². The van der Waals surface area contributed by atoms with Crippen LogP contribution in [0, 0.1) is 0 Å². The SMILES string of the molecule is c1cnc2c(C3CCNCC3)c[nH]c2n1. The van der Waals surface area contributed by atoms with Crippen molar-refractivity contribution in [3.05, 3.63) is 24.2 Å². The highest BCUT2D eigenvalue weighted by molar-refractivity contribution is 5.75. The van der Waals surface area contributed by atoms with Gasteiger partial charge in [0.05, 0.1) is 0 Å². The van der Waals surface area contributed by atoms with Crippen molar-refractivity contribution in [2.24, 2.45) is 0 Å². The molecule has 0 saturated carbocycles. The number of aromatic nitrogens is 3. The summed E-state index contributed by atoms with van der Waals surface area (Å²) in [6.07, 6.45) is 7.96. The van der Waals surface area contributed by atoms with E-state index < -0.39 is 0 Å². The highest BCUT2D eigenvalue weighted by Gasteiger charge is 2.19. The summed E-state index contributed by atoms with van der Waals surface area (Å²) in [6, 6.07) is 0. The third kappa shape index (κ3) is 1.51. The van der Waals surface area contributed by atoms with E-state index in [2.05, 4.69) is 26.5 Å². The van der Waals surface area contributed by atoms with E-state index in [0.717, 1.165) is 24.3 Å². The first-order chi connectivity index (χ1) is 7.45. The molecule has 0 aromatic carbocycles. The number of nitrogens with zero attached hydrogens (tertiary/aromatic N) is 2. The molecule has 0 amide bonds. The summed E-state index contributed by atoms with van der Waals surface area (Å²) < 4.78 is 0. The number of hydrogen-bond acceptors (Lipinski definition) is 3. The van der Waals surface area contributed by atoms with E-state index in [4.69, 9.17) is 0 Å². The second-order valence-corrected chi connectivity index (χ2v) is 4.02. The van der Waals surface area contributed by atoms with E-state index in [9.17, 15) is 0 Å². The molecule has 1 aliphatic heterocycles. The van der Waals surface area contributed by atoms with Crippen molar-refractivity contribution in [2.75, 3.05) is 13.1 Å². The van der Waals surface area contributed by atoms with Crippen LogP contribution in [0.5, 0.6) is 0 Å². The second-order valence-electron chi connectivity index (χ2n) is 4.02. The molecule has 0 bridgehead atoms. The minimum atomic E-state index is 0.636. The lowest BCUT2D eigenvalue weighted by molar-refractivity contribution is 0.462. The summed E-state index contributed by atoms with van der Waals surface area (Å²) in [5.74, 6) is 0.636. The summed E-state index contributed by atoms with van der Waals surface area (Å²) in [6.45, 7) is 2.22. The Morgan fingerprint density at radius 1 is 1.13 bits per heavy atom. The molecule has 1 aliphatic rings. The average molecular weight is 202 g/mol. The molecule has 0 spiro atoms. The van der Waals surface area contributed by atoms with Crippen molar-refractivity contribution >= 4 is 11.2 Å². The van der Waals surface area contributed by atoms with Gasteiger partial charge in [-0.2, -0.15) is 0 Å². The lowest BCUT2D eigenvalue weighted by Crippen LogP contribution is -2.26. The molecule has 0 atom stereocenters. The predicted molar refractivity (Wildman–Crippen MR) is 58.7 cm³/mol. The molecular formula is C11H14N4. The number of aromatic amines is 1. The molecule has 1 saturated heterocycles. The van der Waals surface area contributed by atoms with Crippen LogP contribution in [0.2, 0.25) is 0 Å². The van der Waals surface area contributed by atoms with E-state index in [1.165, 1.54) is 18.4 Å². The first-order valence-corrected chi connectivity index (χ1v) is 5.44. The zero-order valence-electron chi connectivity index (χ0n) is 8.53. The number of H-pyrrole nitrogens is 1. The molecule has 1 fully saturated rings. The third-order valence-corrected chi connectivity index (χ3v) is 3.12. The maximum atomic E-state index is 4.40. The van der Waals surface area contributed by atoms with Gasteiger partial charge in [0.15, 0.2) is 5.65 Å². The van der Waals surface area contributed by atoms with E-state index in [-0.39, 0.29) is 0 Å². The van der Waals surface area contributed by atoms with Crippen molar-refractivity contribution in [3.8, 4) is 0 Å². The normalized spacial score (nSPS) is 18.4. The van der Waals surface area contributed by atoms with E-state index in [1.807, 2.05) is 0 Å². The molecule has 15 heavy (non-hydrogen) atoms. The molecule has 4 heteroatoms. The van der Waals surface area contributed by atoms with E-state index in [0.29, 0.717) is 5.92 Å². The fourth-order valence-corrected chi connectivity index (χ4v) is 2.31. The smallest absolute Gasteiger partial charge is 0.156 e. The summed E-state index contributed by atoms with van der Waals surface area (Å²) in [5, 5.41) is 3.38. The van der Waals surface area contributed by atoms with Crippen LogP contribution in [-0.4, -0.2) is 28.0 Å². The Balaban J connectivity index is 2.02. The van der Waals surface area contributed by atoms with Gasteiger partial charge in [-0.1, -0.05) is 0 Å². The minimum Gasteiger partial charge on any atom is -0.345 e. The zero-order valence-corrected chi connectivity index (χ0v) is 8.53. The summed E-state index contributed by atoms with van der Waals surface area (Å²) in [4.78, 5) is 11.9.